The third kappa shape index (κ3) is 3.66. The van der Waals surface area contributed by atoms with E-state index >= 15 is 0 Å². The molecule has 0 spiro atoms. The molecule has 1 atom stereocenters. The van der Waals surface area contributed by atoms with Crippen molar-refractivity contribution in [3.8, 4) is 0 Å². The molecule has 1 rings (SSSR count). The zero-order valence-corrected chi connectivity index (χ0v) is 12.0. The molecule has 0 saturated heterocycles. The molecule has 0 aliphatic heterocycles. The van der Waals surface area contributed by atoms with Crippen LogP contribution in [-0.2, 0) is 6.54 Å². The molecular weight excluding hydrogens is 246 g/mol. The predicted octanol–water partition coefficient (Wildman–Crippen LogP) is 3.83. The minimum atomic E-state index is -0.815. The summed E-state index contributed by atoms with van der Waals surface area (Å²) in [6.45, 7) is 6.92. The molecule has 0 bridgehead atoms. The van der Waals surface area contributed by atoms with Gasteiger partial charge in [0.1, 0.15) is 0 Å². The number of anilines is 1. The van der Waals surface area contributed by atoms with Crippen molar-refractivity contribution in [2.45, 2.75) is 52.6 Å². The van der Waals surface area contributed by atoms with Crippen LogP contribution in [0.1, 0.15) is 45.6 Å². The van der Waals surface area contributed by atoms with Gasteiger partial charge < -0.3 is 10.6 Å². The maximum absolute atomic E-state index is 14.2. The van der Waals surface area contributed by atoms with Crippen LogP contribution in [0.15, 0.2) is 12.1 Å². The molecule has 1 aromatic carbocycles. The highest BCUT2D eigenvalue weighted by Gasteiger charge is 2.20. The van der Waals surface area contributed by atoms with Gasteiger partial charge in [0.05, 0.1) is 5.69 Å². The second kappa shape index (κ2) is 7.43. The molecule has 0 amide bonds. The Bertz CT molecular complexity index is 407. The Morgan fingerprint density at radius 1 is 1.21 bits per heavy atom. The lowest BCUT2D eigenvalue weighted by molar-refractivity contribution is 0.489. The first-order valence-corrected chi connectivity index (χ1v) is 7.00. The molecular formula is C15H24F2N2. The third-order valence-electron chi connectivity index (χ3n) is 3.55. The number of nitrogens with two attached hydrogens (primary N) is 1. The van der Waals surface area contributed by atoms with E-state index in [0.29, 0.717) is 5.69 Å². The number of unbranched alkanes of at least 4 members (excludes halogenated alkanes) is 1. The van der Waals surface area contributed by atoms with E-state index in [4.69, 9.17) is 5.73 Å². The van der Waals surface area contributed by atoms with Gasteiger partial charge in [-0.25, -0.2) is 8.78 Å². The van der Waals surface area contributed by atoms with Crippen molar-refractivity contribution >= 4 is 5.69 Å². The van der Waals surface area contributed by atoms with E-state index in [1.54, 1.807) is 12.1 Å². The molecule has 2 N–H and O–H groups in total. The van der Waals surface area contributed by atoms with E-state index in [1.165, 1.54) is 0 Å². The van der Waals surface area contributed by atoms with Crippen LogP contribution in [0.3, 0.4) is 0 Å². The van der Waals surface area contributed by atoms with Crippen LogP contribution in [0.5, 0.6) is 0 Å². The first-order valence-electron chi connectivity index (χ1n) is 7.00. The summed E-state index contributed by atoms with van der Waals surface area (Å²) in [5.41, 5.74) is 5.96. The van der Waals surface area contributed by atoms with Crippen molar-refractivity contribution in [3.05, 3.63) is 29.3 Å². The highest BCUT2D eigenvalue weighted by molar-refractivity contribution is 5.50. The number of hydrogen-bond donors (Lipinski definition) is 1. The van der Waals surface area contributed by atoms with Crippen molar-refractivity contribution in [2.75, 3.05) is 11.4 Å². The summed E-state index contributed by atoms with van der Waals surface area (Å²) in [6.07, 6.45) is 2.88. The van der Waals surface area contributed by atoms with E-state index in [1.807, 2.05) is 18.7 Å². The van der Waals surface area contributed by atoms with Crippen LogP contribution in [0.25, 0.3) is 0 Å². The van der Waals surface area contributed by atoms with Crippen LogP contribution < -0.4 is 10.6 Å². The fourth-order valence-electron chi connectivity index (χ4n) is 2.09. The lowest BCUT2D eigenvalue weighted by atomic mass is 10.1. The average molecular weight is 270 g/mol. The maximum Gasteiger partial charge on any atom is 0.182 e. The van der Waals surface area contributed by atoms with Gasteiger partial charge in [0, 0.05) is 24.7 Å². The lowest BCUT2D eigenvalue weighted by Gasteiger charge is -2.31. The summed E-state index contributed by atoms with van der Waals surface area (Å²) in [7, 11) is 0. The molecule has 0 saturated carbocycles. The minimum Gasteiger partial charge on any atom is -0.366 e. The Balaban J connectivity index is 3.11. The first kappa shape index (κ1) is 15.9. The van der Waals surface area contributed by atoms with Gasteiger partial charge in [-0.15, -0.1) is 0 Å². The summed E-state index contributed by atoms with van der Waals surface area (Å²) in [6, 6.07) is 3.40. The molecule has 0 aliphatic rings. The van der Waals surface area contributed by atoms with Crippen molar-refractivity contribution in [3.63, 3.8) is 0 Å². The number of benzene rings is 1. The summed E-state index contributed by atoms with van der Waals surface area (Å²) in [4.78, 5) is 1.95. The van der Waals surface area contributed by atoms with Crippen molar-refractivity contribution < 1.29 is 8.78 Å². The fourth-order valence-corrected chi connectivity index (χ4v) is 2.09. The van der Waals surface area contributed by atoms with Crippen LogP contribution in [-0.4, -0.2) is 12.6 Å². The Morgan fingerprint density at radius 3 is 2.42 bits per heavy atom. The molecule has 0 radical (unpaired) electrons. The van der Waals surface area contributed by atoms with Crippen LogP contribution in [0.2, 0.25) is 0 Å². The zero-order valence-electron chi connectivity index (χ0n) is 12.0. The van der Waals surface area contributed by atoms with E-state index in [-0.39, 0.29) is 18.2 Å². The highest BCUT2D eigenvalue weighted by Crippen LogP contribution is 2.26. The molecule has 1 aromatic rings. The van der Waals surface area contributed by atoms with Gasteiger partial charge in [0.25, 0.3) is 0 Å². The topological polar surface area (TPSA) is 29.3 Å². The first-order chi connectivity index (χ1) is 9.06. The van der Waals surface area contributed by atoms with Crippen LogP contribution in [0, 0.1) is 11.6 Å². The van der Waals surface area contributed by atoms with Gasteiger partial charge >= 0.3 is 0 Å². The SMILES string of the molecule is CCCCN(c1ccc(CN)c(F)c1F)C(C)CC. The third-order valence-corrected chi connectivity index (χ3v) is 3.55. The van der Waals surface area contributed by atoms with Crippen molar-refractivity contribution in [1.29, 1.82) is 0 Å². The quantitative estimate of drug-likeness (QED) is 0.816. The van der Waals surface area contributed by atoms with Crippen LogP contribution >= 0.6 is 0 Å². The van der Waals surface area contributed by atoms with Gasteiger partial charge in [-0.1, -0.05) is 26.3 Å². The second-order valence-corrected chi connectivity index (χ2v) is 4.88. The number of nitrogens with zero attached hydrogens (tertiary/aromatic N) is 1. The summed E-state index contributed by atoms with van der Waals surface area (Å²) >= 11 is 0. The largest absolute Gasteiger partial charge is 0.366 e. The molecule has 19 heavy (non-hydrogen) atoms. The molecule has 0 aliphatic carbocycles. The molecule has 0 fully saturated rings. The molecule has 0 aromatic heterocycles. The Hall–Kier alpha value is -1.16. The molecule has 108 valence electrons. The number of hydrogen-bond acceptors (Lipinski definition) is 2. The van der Waals surface area contributed by atoms with Gasteiger partial charge in [-0.3, -0.25) is 0 Å². The fraction of sp³-hybridized carbons (Fsp3) is 0.600. The van der Waals surface area contributed by atoms with Gasteiger partial charge in [0.15, 0.2) is 11.6 Å². The summed E-state index contributed by atoms with van der Waals surface area (Å²) in [5.74, 6) is -1.59. The van der Waals surface area contributed by atoms with Crippen molar-refractivity contribution in [1.82, 2.24) is 0 Å². The summed E-state index contributed by atoms with van der Waals surface area (Å²) in [5, 5.41) is 0. The van der Waals surface area contributed by atoms with Crippen LogP contribution in [0.4, 0.5) is 14.5 Å². The van der Waals surface area contributed by atoms with Crippen molar-refractivity contribution in [2.24, 2.45) is 5.73 Å². The van der Waals surface area contributed by atoms with Gasteiger partial charge in [-0.2, -0.15) is 0 Å². The molecule has 4 heteroatoms. The van der Waals surface area contributed by atoms with E-state index in [2.05, 4.69) is 6.92 Å². The van der Waals surface area contributed by atoms with E-state index in [0.717, 1.165) is 25.8 Å². The van der Waals surface area contributed by atoms with E-state index in [9.17, 15) is 8.78 Å². The molecule has 2 nitrogen and oxygen atoms in total. The Kier molecular flexibility index (Phi) is 6.22. The Labute approximate surface area is 114 Å². The number of halogens is 2. The maximum atomic E-state index is 14.2. The molecule has 1 unspecified atom stereocenters. The minimum absolute atomic E-state index is 0.0152. The van der Waals surface area contributed by atoms with Gasteiger partial charge in [0.2, 0.25) is 0 Å². The second-order valence-electron chi connectivity index (χ2n) is 4.88. The predicted molar refractivity (Wildman–Crippen MR) is 76.3 cm³/mol. The smallest absolute Gasteiger partial charge is 0.182 e. The number of rotatable bonds is 7. The normalized spacial score (nSPS) is 12.5. The van der Waals surface area contributed by atoms with E-state index < -0.39 is 11.6 Å². The summed E-state index contributed by atoms with van der Waals surface area (Å²) < 4.78 is 28.0. The average Bonchev–Trinajstić information content (AvgIpc) is 2.43. The van der Waals surface area contributed by atoms with Gasteiger partial charge in [-0.05, 0) is 25.8 Å². The highest BCUT2D eigenvalue weighted by atomic mass is 19.2. The standard InChI is InChI=1S/C15H24F2N2/c1-4-6-9-19(11(3)5-2)13-8-7-12(10-18)14(16)15(13)17/h7-8,11H,4-6,9-10,18H2,1-3H3. The Morgan fingerprint density at radius 2 is 1.89 bits per heavy atom. The zero-order chi connectivity index (χ0) is 14.4. The molecule has 0 heterocycles. The monoisotopic (exact) mass is 270 g/mol. The lowest BCUT2D eigenvalue weighted by Crippen LogP contribution is -2.34.